The summed E-state index contributed by atoms with van der Waals surface area (Å²) in [6.45, 7) is 11.5. The summed E-state index contributed by atoms with van der Waals surface area (Å²) in [6, 6.07) is 2.30. The van der Waals surface area contributed by atoms with Gasteiger partial charge in [0.1, 0.15) is 0 Å². The largest absolute Gasteiger partial charge is 0.330 e. The molecule has 0 aromatic carbocycles. The van der Waals surface area contributed by atoms with Gasteiger partial charge in [0, 0.05) is 18.0 Å². The molecule has 0 saturated carbocycles. The van der Waals surface area contributed by atoms with Crippen LogP contribution in [0.25, 0.3) is 0 Å². The zero-order valence-electron chi connectivity index (χ0n) is 13.3. The van der Waals surface area contributed by atoms with Gasteiger partial charge < -0.3 is 5.73 Å². The van der Waals surface area contributed by atoms with Crippen LogP contribution in [0.3, 0.4) is 0 Å². The van der Waals surface area contributed by atoms with E-state index in [0.29, 0.717) is 5.41 Å². The number of nitrogens with two attached hydrogens (primary N) is 1. The Morgan fingerprint density at radius 2 is 2.15 bits per heavy atom. The van der Waals surface area contributed by atoms with Gasteiger partial charge in [0.15, 0.2) is 0 Å². The topological polar surface area (TPSA) is 29.3 Å². The van der Waals surface area contributed by atoms with Crippen LogP contribution in [0.2, 0.25) is 0 Å². The van der Waals surface area contributed by atoms with Crippen molar-refractivity contribution in [2.45, 2.75) is 53.0 Å². The van der Waals surface area contributed by atoms with Crippen molar-refractivity contribution >= 4 is 11.3 Å². The van der Waals surface area contributed by atoms with Crippen molar-refractivity contribution in [2.24, 2.45) is 17.1 Å². The Hall–Kier alpha value is -0.380. The van der Waals surface area contributed by atoms with E-state index in [9.17, 15) is 0 Å². The molecular weight excluding hydrogens is 264 g/mol. The van der Waals surface area contributed by atoms with Crippen LogP contribution >= 0.6 is 11.3 Å². The lowest BCUT2D eigenvalue weighted by molar-refractivity contribution is 0.189. The van der Waals surface area contributed by atoms with Crippen molar-refractivity contribution in [3.8, 4) is 0 Å². The lowest BCUT2D eigenvalue weighted by Gasteiger charge is -2.32. The molecule has 0 bridgehead atoms. The van der Waals surface area contributed by atoms with E-state index < -0.39 is 0 Å². The van der Waals surface area contributed by atoms with Crippen molar-refractivity contribution < 1.29 is 0 Å². The zero-order valence-corrected chi connectivity index (χ0v) is 14.1. The fraction of sp³-hybridized carbons (Fsp3) is 0.765. The van der Waals surface area contributed by atoms with Gasteiger partial charge in [0.05, 0.1) is 0 Å². The molecule has 114 valence electrons. The molecule has 2 rings (SSSR count). The van der Waals surface area contributed by atoms with Crippen molar-refractivity contribution in [3.05, 3.63) is 21.9 Å². The van der Waals surface area contributed by atoms with Gasteiger partial charge in [-0.25, -0.2) is 0 Å². The molecular formula is C17H30N2S. The number of fused-ring (bicyclic) bond motifs is 1. The highest BCUT2D eigenvalue weighted by molar-refractivity contribution is 7.10. The minimum absolute atomic E-state index is 0.391. The molecule has 2 N–H and O–H groups in total. The molecule has 0 radical (unpaired) electrons. The van der Waals surface area contributed by atoms with E-state index in [2.05, 4.69) is 37.1 Å². The molecule has 1 unspecified atom stereocenters. The van der Waals surface area contributed by atoms with E-state index in [0.717, 1.165) is 25.4 Å². The minimum Gasteiger partial charge on any atom is -0.330 e. The third kappa shape index (κ3) is 4.31. The average molecular weight is 295 g/mol. The molecule has 1 atom stereocenters. The zero-order chi connectivity index (χ0) is 14.6. The summed E-state index contributed by atoms with van der Waals surface area (Å²) in [4.78, 5) is 4.23. The Bertz CT molecular complexity index is 405. The predicted octanol–water partition coefficient (Wildman–Crippen LogP) is 3.90. The average Bonchev–Trinajstić information content (AvgIpc) is 2.84. The summed E-state index contributed by atoms with van der Waals surface area (Å²) < 4.78 is 0. The Balaban J connectivity index is 1.76. The number of thiophene rings is 1. The third-order valence-corrected chi connectivity index (χ3v) is 5.68. The second-order valence-electron chi connectivity index (χ2n) is 7.18. The predicted molar refractivity (Wildman–Crippen MR) is 89.2 cm³/mol. The molecule has 0 fully saturated rings. The normalized spacial score (nSPS) is 18.0. The van der Waals surface area contributed by atoms with Gasteiger partial charge in [-0.2, -0.15) is 0 Å². The van der Waals surface area contributed by atoms with Gasteiger partial charge in [-0.3, -0.25) is 4.90 Å². The highest BCUT2D eigenvalue weighted by atomic mass is 32.1. The molecule has 0 aliphatic carbocycles. The van der Waals surface area contributed by atoms with Crippen LogP contribution in [0, 0.1) is 11.3 Å². The summed E-state index contributed by atoms with van der Waals surface area (Å²) in [5.41, 5.74) is 7.73. The molecule has 20 heavy (non-hydrogen) atoms. The summed E-state index contributed by atoms with van der Waals surface area (Å²) in [5.74, 6) is 0.758. The Labute approximate surface area is 128 Å². The van der Waals surface area contributed by atoms with Crippen molar-refractivity contribution in [3.63, 3.8) is 0 Å². The fourth-order valence-electron chi connectivity index (χ4n) is 3.27. The van der Waals surface area contributed by atoms with Crippen LogP contribution < -0.4 is 5.73 Å². The lowest BCUT2D eigenvalue weighted by Crippen LogP contribution is -2.31. The number of nitrogens with zero attached hydrogens (tertiary/aromatic N) is 1. The van der Waals surface area contributed by atoms with Gasteiger partial charge in [0.25, 0.3) is 0 Å². The van der Waals surface area contributed by atoms with Crippen LogP contribution in [0.4, 0.5) is 0 Å². The standard InChI is InChI=1S/C17H30N2S/c1-17(2,3)15(6-9-18)5-4-10-19-11-7-16-14(13-19)8-12-20-16/h8,12,15H,4-7,9-11,13,18H2,1-3H3. The smallest absolute Gasteiger partial charge is 0.0244 e. The number of hydrogen-bond donors (Lipinski definition) is 1. The van der Waals surface area contributed by atoms with Crippen LogP contribution in [-0.4, -0.2) is 24.5 Å². The molecule has 2 nitrogen and oxygen atoms in total. The maximum atomic E-state index is 5.77. The SMILES string of the molecule is CC(C)(C)C(CCN)CCCN1CCc2sccc2C1. The molecule has 1 aliphatic heterocycles. The summed E-state index contributed by atoms with van der Waals surface area (Å²) in [7, 11) is 0. The van der Waals surface area contributed by atoms with Gasteiger partial charge in [-0.05, 0) is 67.1 Å². The Morgan fingerprint density at radius 1 is 1.35 bits per heavy atom. The van der Waals surface area contributed by atoms with Crippen LogP contribution in [0.5, 0.6) is 0 Å². The molecule has 1 aromatic rings. The number of rotatable bonds is 6. The van der Waals surface area contributed by atoms with Gasteiger partial charge >= 0.3 is 0 Å². The van der Waals surface area contributed by atoms with Crippen LogP contribution in [-0.2, 0) is 13.0 Å². The molecule has 0 saturated heterocycles. The first-order valence-electron chi connectivity index (χ1n) is 7.98. The van der Waals surface area contributed by atoms with Crippen molar-refractivity contribution in [1.29, 1.82) is 0 Å². The summed E-state index contributed by atoms with van der Waals surface area (Å²) in [6.07, 6.45) is 5.03. The highest BCUT2D eigenvalue weighted by Crippen LogP contribution is 2.32. The summed E-state index contributed by atoms with van der Waals surface area (Å²) in [5, 5.41) is 2.24. The first-order valence-corrected chi connectivity index (χ1v) is 8.86. The van der Waals surface area contributed by atoms with E-state index >= 15 is 0 Å². The maximum absolute atomic E-state index is 5.77. The molecule has 0 spiro atoms. The second-order valence-corrected chi connectivity index (χ2v) is 8.18. The monoisotopic (exact) mass is 294 g/mol. The third-order valence-electron chi connectivity index (χ3n) is 4.65. The minimum atomic E-state index is 0.391. The fourth-order valence-corrected chi connectivity index (χ4v) is 4.16. The molecule has 0 amide bonds. The molecule has 1 aliphatic rings. The van der Waals surface area contributed by atoms with E-state index in [-0.39, 0.29) is 0 Å². The van der Waals surface area contributed by atoms with E-state index in [4.69, 9.17) is 5.73 Å². The van der Waals surface area contributed by atoms with E-state index in [1.807, 2.05) is 11.3 Å². The first kappa shape index (κ1) is 16.0. The van der Waals surface area contributed by atoms with Crippen molar-refractivity contribution in [2.75, 3.05) is 19.6 Å². The van der Waals surface area contributed by atoms with Crippen LogP contribution in [0.1, 0.15) is 50.5 Å². The van der Waals surface area contributed by atoms with Gasteiger partial charge in [0.2, 0.25) is 0 Å². The Kier molecular flexibility index (Phi) is 5.65. The van der Waals surface area contributed by atoms with Crippen molar-refractivity contribution in [1.82, 2.24) is 4.90 Å². The second kappa shape index (κ2) is 7.06. The lowest BCUT2D eigenvalue weighted by atomic mass is 9.76. The van der Waals surface area contributed by atoms with Gasteiger partial charge in [-0.15, -0.1) is 11.3 Å². The summed E-state index contributed by atoms with van der Waals surface area (Å²) >= 11 is 1.93. The Morgan fingerprint density at radius 3 is 2.85 bits per heavy atom. The number of hydrogen-bond acceptors (Lipinski definition) is 3. The molecule has 2 heterocycles. The molecule has 3 heteroatoms. The first-order chi connectivity index (χ1) is 9.50. The van der Waals surface area contributed by atoms with E-state index in [1.165, 1.54) is 32.4 Å². The highest BCUT2D eigenvalue weighted by Gasteiger charge is 2.24. The van der Waals surface area contributed by atoms with E-state index in [1.54, 1.807) is 10.4 Å². The van der Waals surface area contributed by atoms with Crippen LogP contribution in [0.15, 0.2) is 11.4 Å². The quantitative estimate of drug-likeness (QED) is 0.862. The molecule has 1 aromatic heterocycles. The maximum Gasteiger partial charge on any atom is 0.0244 e. The van der Waals surface area contributed by atoms with Gasteiger partial charge in [-0.1, -0.05) is 20.8 Å².